The minimum Gasteiger partial charge on any atom is -0.434 e. The summed E-state index contributed by atoms with van der Waals surface area (Å²) in [5, 5.41) is 6.20. The van der Waals surface area contributed by atoms with Gasteiger partial charge in [-0.1, -0.05) is 12.1 Å². The van der Waals surface area contributed by atoms with Crippen LogP contribution in [0, 0.1) is 0 Å². The molecule has 9 heteroatoms. The molecule has 0 radical (unpaired) electrons. The summed E-state index contributed by atoms with van der Waals surface area (Å²) in [5.41, 5.74) is 5.15. The molecule has 0 spiro atoms. The third-order valence-electron chi connectivity index (χ3n) is 2.77. The molecule has 116 valence electrons. The first-order valence-electron chi connectivity index (χ1n) is 6.07. The fraction of sp³-hybridized carbons (Fsp3) is 0.154. The molecule has 2 amide bonds. The van der Waals surface area contributed by atoms with Crippen molar-refractivity contribution in [3.8, 4) is 5.75 Å². The van der Waals surface area contributed by atoms with Crippen LogP contribution in [0.4, 0.5) is 14.5 Å². The molecule has 0 unspecified atom stereocenters. The van der Waals surface area contributed by atoms with Crippen molar-refractivity contribution in [3.63, 3.8) is 0 Å². The van der Waals surface area contributed by atoms with E-state index in [2.05, 4.69) is 15.2 Å². The number of para-hydroxylation sites is 1. The Morgan fingerprint density at radius 2 is 2.05 bits per heavy atom. The van der Waals surface area contributed by atoms with Gasteiger partial charge in [0.2, 0.25) is 0 Å². The van der Waals surface area contributed by atoms with Crippen molar-refractivity contribution in [1.29, 1.82) is 0 Å². The maximum Gasteiger partial charge on any atom is 0.387 e. The lowest BCUT2D eigenvalue weighted by molar-refractivity contribution is -0.0501. The number of halogens is 2. The van der Waals surface area contributed by atoms with E-state index in [0.717, 1.165) is 0 Å². The number of carbonyl (C=O) groups is 2. The summed E-state index contributed by atoms with van der Waals surface area (Å²) >= 11 is 0. The minimum absolute atomic E-state index is 0.0133. The number of hydrogen-bond acceptors (Lipinski definition) is 4. The summed E-state index contributed by atoms with van der Waals surface area (Å²) in [6, 6.07) is 5.49. The highest BCUT2D eigenvalue weighted by molar-refractivity contribution is 6.09. The third-order valence-corrected chi connectivity index (χ3v) is 2.77. The zero-order chi connectivity index (χ0) is 16.3. The lowest BCUT2D eigenvalue weighted by Crippen LogP contribution is -2.20. The van der Waals surface area contributed by atoms with E-state index in [1.165, 1.54) is 42.2 Å². The average Bonchev–Trinajstić information content (AvgIpc) is 2.79. The molecule has 0 saturated heterocycles. The predicted octanol–water partition coefficient (Wildman–Crippen LogP) is 1.37. The molecule has 0 atom stereocenters. The first kappa shape index (κ1) is 15.4. The second-order valence-electron chi connectivity index (χ2n) is 4.22. The van der Waals surface area contributed by atoms with Gasteiger partial charge in [-0.15, -0.1) is 0 Å². The van der Waals surface area contributed by atoms with Gasteiger partial charge < -0.3 is 15.8 Å². The Balaban J connectivity index is 2.29. The maximum absolute atomic E-state index is 12.3. The number of alkyl halides is 2. The molecule has 2 aromatic rings. The summed E-state index contributed by atoms with van der Waals surface area (Å²) in [6.07, 6.45) is 1.23. The van der Waals surface area contributed by atoms with Crippen LogP contribution in [-0.4, -0.2) is 28.2 Å². The molecule has 0 aliphatic carbocycles. The number of ether oxygens (including phenoxy) is 1. The lowest BCUT2D eigenvalue weighted by atomic mass is 10.2. The molecule has 0 aliphatic heterocycles. The number of nitrogens with zero attached hydrogens (tertiary/aromatic N) is 2. The van der Waals surface area contributed by atoms with Crippen LogP contribution in [-0.2, 0) is 7.05 Å². The van der Waals surface area contributed by atoms with E-state index in [-0.39, 0.29) is 22.7 Å². The van der Waals surface area contributed by atoms with Gasteiger partial charge in [0.15, 0.2) is 0 Å². The number of nitrogens with one attached hydrogen (secondary N) is 1. The van der Waals surface area contributed by atoms with Crippen LogP contribution in [0.2, 0.25) is 0 Å². The van der Waals surface area contributed by atoms with Crippen LogP contribution >= 0.6 is 0 Å². The molecule has 0 bridgehead atoms. The smallest absolute Gasteiger partial charge is 0.387 e. The van der Waals surface area contributed by atoms with E-state index in [1.54, 1.807) is 0 Å². The summed E-state index contributed by atoms with van der Waals surface area (Å²) in [6.45, 7) is -3.06. The Bertz CT molecular complexity index is 715. The molecule has 22 heavy (non-hydrogen) atoms. The molecular weight excluding hydrogens is 298 g/mol. The highest BCUT2D eigenvalue weighted by atomic mass is 19.3. The van der Waals surface area contributed by atoms with Crippen molar-refractivity contribution in [2.24, 2.45) is 12.8 Å². The van der Waals surface area contributed by atoms with Gasteiger partial charge in [-0.25, -0.2) is 0 Å². The van der Waals surface area contributed by atoms with Gasteiger partial charge in [-0.2, -0.15) is 13.9 Å². The minimum atomic E-state index is -3.06. The Labute approximate surface area is 123 Å². The van der Waals surface area contributed by atoms with Crippen LogP contribution < -0.4 is 15.8 Å². The van der Waals surface area contributed by atoms with Crippen LogP contribution in [0.1, 0.15) is 20.8 Å². The van der Waals surface area contributed by atoms with Gasteiger partial charge in [-0.05, 0) is 12.1 Å². The van der Waals surface area contributed by atoms with E-state index in [0.29, 0.717) is 0 Å². The number of aromatic nitrogens is 2. The normalized spacial score (nSPS) is 10.5. The predicted molar refractivity (Wildman–Crippen MR) is 72.8 cm³/mol. The van der Waals surface area contributed by atoms with Crippen LogP contribution in [0.15, 0.2) is 30.5 Å². The lowest BCUT2D eigenvalue weighted by Gasteiger charge is -2.10. The van der Waals surface area contributed by atoms with Gasteiger partial charge in [0.1, 0.15) is 11.4 Å². The number of hydrogen-bond donors (Lipinski definition) is 2. The zero-order valence-electron chi connectivity index (χ0n) is 11.4. The standard InChI is InChI=1S/C13H12F2N4O3/c1-19-10(11(16)20)8(6-17-19)18-12(21)7-4-2-3-5-9(7)22-13(14)15/h2-6,13H,1H3,(H2,16,20)(H,18,21). The van der Waals surface area contributed by atoms with Crippen molar-refractivity contribution in [2.45, 2.75) is 6.61 Å². The van der Waals surface area contributed by atoms with E-state index in [1.807, 2.05) is 0 Å². The van der Waals surface area contributed by atoms with Crippen molar-refractivity contribution >= 4 is 17.5 Å². The summed E-state index contributed by atoms with van der Waals surface area (Å²) in [4.78, 5) is 23.5. The fourth-order valence-electron chi connectivity index (χ4n) is 1.86. The zero-order valence-corrected chi connectivity index (χ0v) is 11.4. The highest BCUT2D eigenvalue weighted by Crippen LogP contribution is 2.22. The number of primary amides is 1. The number of anilines is 1. The Hall–Kier alpha value is -2.97. The van der Waals surface area contributed by atoms with Crippen LogP contribution in [0.25, 0.3) is 0 Å². The molecule has 0 aliphatic rings. The van der Waals surface area contributed by atoms with Gasteiger partial charge >= 0.3 is 6.61 Å². The number of benzene rings is 1. The van der Waals surface area contributed by atoms with Crippen molar-refractivity contribution in [2.75, 3.05) is 5.32 Å². The van der Waals surface area contributed by atoms with E-state index >= 15 is 0 Å². The molecule has 0 saturated carbocycles. The first-order valence-corrected chi connectivity index (χ1v) is 6.07. The number of aryl methyl sites for hydroxylation is 1. The van der Waals surface area contributed by atoms with E-state index in [4.69, 9.17) is 5.73 Å². The fourth-order valence-corrected chi connectivity index (χ4v) is 1.86. The molecule has 3 N–H and O–H groups in total. The molecule has 7 nitrogen and oxygen atoms in total. The van der Waals surface area contributed by atoms with E-state index < -0.39 is 18.4 Å². The average molecular weight is 310 g/mol. The Morgan fingerprint density at radius 1 is 1.36 bits per heavy atom. The van der Waals surface area contributed by atoms with E-state index in [9.17, 15) is 18.4 Å². The molecule has 2 rings (SSSR count). The topological polar surface area (TPSA) is 99.2 Å². The first-order chi connectivity index (χ1) is 10.4. The molecule has 1 aromatic heterocycles. The highest BCUT2D eigenvalue weighted by Gasteiger charge is 2.20. The second-order valence-corrected chi connectivity index (χ2v) is 4.22. The van der Waals surface area contributed by atoms with Crippen LogP contribution in [0.3, 0.4) is 0 Å². The van der Waals surface area contributed by atoms with Crippen molar-refractivity contribution < 1.29 is 23.1 Å². The maximum atomic E-state index is 12.3. The quantitative estimate of drug-likeness (QED) is 0.871. The SMILES string of the molecule is Cn1ncc(NC(=O)c2ccccc2OC(F)F)c1C(N)=O. The Morgan fingerprint density at radius 3 is 2.68 bits per heavy atom. The summed E-state index contributed by atoms with van der Waals surface area (Å²) in [7, 11) is 1.48. The Kier molecular flexibility index (Phi) is 4.35. The number of rotatable bonds is 5. The summed E-state index contributed by atoms with van der Waals surface area (Å²) < 4.78 is 30.1. The van der Waals surface area contributed by atoms with Gasteiger partial charge in [0.05, 0.1) is 17.4 Å². The summed E-state index contributed by atoms with van der Waals surface area (Å²) in [5.74, 6) is -1.79. The van der Waals surface area contributed by atoms with Crippen molar-refractivity contribution in [3.05, 3.63) is 41.7 Å². The molecular formula is C13H12F2N4O3. The number of amides is 2. The number of nitrogens with two attached hydrogens (primary N) is 1. The largest absolute Gasteiger partial charge is 0.434 e. The molecule has 1 aromatic carbocycles. The second kappa shape index (κ2) is 6.20. The van der Waals surface area contributed by atoms with Crippen molar-refractivity contribution in [1.82, 2.24) is 9.78 Å². The van der Waals surface area contributed by atoms with Gasteiger partial charge in [0.25, 0.3) is 11.8 Å². The number of carbonyl (C=O) groups excluding carboxylic acids is 2. The molecule has 0 fully saturated rings. The monoisotopic (exact) mass is 310 g/mol. The van der Waals surface area contributed by atoms with Gasteiger partial charge in [0, 0.05) is 7.05 Å². The molecule has 1 heterocycles. The van der Waals surface area contributed by atoms with Gasteiger partial charge in [-0.3, -0.25) is 14.3 Å². The van der Waals surface area contributed by atoms with Crippen LogP contribution in [0.5, 0.6) is 5.75 Å². The third kappa shape index (κ3) is 3.19.